The summed E-state index contributed by atoms with van der Waals surface area (Å²) in [6, 6.07) is 9.94. The van der Waals surface area contributed by atoms with E-state index >= 15 is 0 Å². The predicted molar refractivity (Wildman–Crippen MR) is 119 cm³/mol. The number of hydrogen-bond acceptors (Lipinski definition) is 5. The van der Waals surface area contributed by atoms with Crippen LogP contribution in [0.2, 0.25) is 10.0 Å². The number of carbonyl (C=O) groups excluding carboxylic acids is 3. The first-order valence-electron chi connectivity index (χ1n) is 10.6. The topological polar surface area (TPSA) is 101 Å². The van der Waals surface area contributed by atoms with Crippen LogP contribution in [-0.4, -0.2) is 32.7 Å². The van der Waals surface area contributed by atoms with Crippen molar-refractivity contribution < 1.29 is 19.3 Å². The van der Waals surface area contributed by atoms with Crippen molar-refractivity contribution in [2.75, 3.05) is 0 Å². The van der Waals surface area contributed by atoms with Gasteiger partial charge >= 0.3 is 0 Å². The number of nitro benzene ring substituents is 1. The molecule has 0 spiro atoms. The molecule has 0 aromatic heterocycles. The molecule has 2 aromatic carbocycles. The fourth-order valence-corrected chi connectivity index (χ4v) is 6.05. The Labute approximate surface area is 199 Å². The van der Waals surface area contributed by atoms with Crippen LogP contribution in [0.3, 0.4) is 0 Å². The predicted octanol–water partition coefficient (Wildman–Crippen LogP) is 4.49. The highest BCUT2D eigenvalue weighted by molar-refractivity contribution is 6.35. The first-order chi connectivity index (χ1) is 15.8. The Balaban J connectivity index is 1.55. The van der Waals surface area contributed by atoms with E-state index < -0.39 is 22.7 Å². The largest absolute Gasteiger partial charge is 0.273 e. The monoisotopic (exact) mass is 487 g/mol. The van der Waals surface area contributed by atoms with E-state index in [1.807, 2.05) is 0 Å². The Morgan fingerprint density at radius 3 is 2.33 bits per heavy atom. The standard InChI is InChI=1S/C23H19Cl2N3O5/c24-16-7-6-15(18(25)10-16)11-26(21(29)14-2-1-3-17(9-14)28(32)33)27-22(30)19-12-4-5-13(8-12)20(19)23(27)31/h1-3,6-7,9-10,12-13,19-20H,4-5,8,11H2/t12-,13-,19+,20+/m0/s1. The summed E-state index contributed by atoms with van der Waals surface area (Å²) in [5.41, 5.74) is 0.217. The van der Waals surface area contributed by atoms with Gasteiger partial charge in [-0.2, -0.15) is 5.01 Å². The van der Waals surface area contributed by atoms with Crippen molar-refractivity contribution in [3.8, 4) is 0 Å². The summed E-state index contributed by atoms with van der Waals surface area (Å²) in [5.74, 6) is -2.01. The molecule has 2 bridgehead atoms. The van der Waals surface area contributed by atoms with Crippen LogP contribution in [0.1, 0.15) is 35.2 Å². The average molecular weight is 488 g/mol. The molecule has 0 radical (unpaired) electrons. The zero-order valence-corrected chi connectivity index (χ0v) is 18.8. The Morgan fingerprint density at radius 2 is 1.73 bits per heavy atom. The maximum Gasteiger partial charge on any atom is 0.273 e. The molecule has 1 aliphatic heterocycles. The SMILES string of the molecule is O=C(c1cccc([N+](=O)[O-])c1)N(Cc1ccc(Cl)cc1Cl)N1C(=O)[C@@H]2[C@H]3CC[C@@H](C3)[C@H]2C1=O. The first kappa shape index (κ1) is 21.9. The Kier molecular flexibility index (Phi) is 5.37. The van der Waals surface area contributed by atoms with Crippen LogP contribution in [0, 0.1) is 33.8 Å². The van der Waals surface area contributed by atoms with Gasteiger partial charge in [-0.15, -0.1) is 0 Å². The van der Waals surface area contributed by atoms with Crippen LogP contribution < -0.4 is 0 Å². The fourth-order valence-electron chi connectivity index (χ4n) is 5.58. The van der Waals surface area contributed by atoms with Crippen molar-refractivity contribution in [1.29, 1.82) is 0 Å². The van der Waals surface area contributed by atoms with E-state index in [2.05, 4.69) is 0 Å². The first-order valence-corrected chi connectivity index (χ1v) is 11.4. The third kappa shape index (κ3) is 3.57. The van der Waals surface area contributed by atoms with Gasteiger partial charge in [0.1, 0.15) is 0 Å². The van der Waals surface area contributed by atoms with Crippen LogP contribution in [-0.2, 0) is 16.1 Å². The van der Waals surface area contributed by atoms with E-state index in [9.17, 15) is 24.5 Å². The van der Waals surface area contributed by atoms with Gasteiger partial charge < -0.3 is 0 Å². The summed E-state index contributed by atoms with van der Waals surface area (Å²) in [5, 5.41) is 13.9. The smallest absolute Gasteiger partial charge is 0.272 e. The summed E-state index contributed by atoms with van der Waals surface area (Å²) < 4.78 is 0. The molecule has 2 saturated carbocycles. The number of nitro groups is 1. The van der Waals surface area contributed by atoms with Gasteiger partial charge in [0.25, 0.3) is 23.4 Å². The normalized spacial score (nSPS) is 25.5. The second kappa shape index (κ2) is 8.11. The van der Waals surface area contributed by atoms with Crippen LogP contribution in [0.4, 0.5) is 5.69 Å². The Hall–Kier alpha value is -2.97. The van der Waals surface area contributed by atoms with E-state index in [1.54, 1.807) is 12.1 Å². The lowest BCUT2D eigenvalue weighted by Gasteiger charge is -2.31. The van der Waals surface area contributed by atoms with Crippen LogP contribution in [0.5, 0.6) is 0 Å². The second-order valence-corrected chi connectivity index (χ2v) is 9.62. The summed E-state index contributed by atoms with van der Waals surface area (Å²) in [4.78, 5) is 51.0. The van der Waals surface area contributed by atoms with Crippen molar-refractivity contribution in [3.63, 3.8) is 0 Å². The quantitative estimate of drug-likeness (QED) is 0.351. The van der Waals surface area contributed by atoms with E-state index in [4.69, 9.17) is 23.2 Å². The van der Waals surface area contributed by atoms with Crippen molar-refractivity contribution in [2.45, 2.75) is 25.8 Å². The molecule has 170 valence electrons. The molecule has 2 aliphatic carbocycles. The maximum atomic E-state index is 13.6. The number of halogens is 2. The molecular weight excluding hydrogens is 469 g/mol. The van der Waals surface area contributed by atoms with Crippen LogP contribution in [0.15, 0.2) is 42.5 Å². The number of benzene rings is 2. The number of hydrazine groups is 1. The van der Waals surface area contributed by atoms with Gasteiger partial charge in [0.05, 0.1) is 23.3 Å². The van der Waals surface area contributed by atoms with Gasteiger partial charge in [0.15, 0.2) is 0 Å². The van der Waals surface area contributed by atoms with Gasteiger partial charge in [-0.05, 0) is 54.9 Å². The lowest BCUT2D eigenvalue weighted by Crippen LogP contribution is -2.50. The highest BCUT2D eigenvalue weighted by Gasteiger charge is 2.62. The summed E-state index contributed by atoms with van der Waals surface area (Å²) >= 11 is 12.3. The minimum Gasteiger partial charge on any atom is -0.272 e. The summed E-state index contributed by atoms with van der Waals surface area (Å²) in [7, 11) is 0. The lowest BCUT2D eigenvalue weighted by molar-refractivity contribution is -0.384. The summed E-state index contributed by atoms with van der Waals surface area (Å²) in [6.07, 6.45) is 2.67. The van der Waals surface area contributed by atoms with Crippen LogP contribution >= 0.6 is 23.2 Å². The number of carbonyl (C=O) groups is 3. The zero-order valence-electron chi connectivity index (χ0n) is 17.3. The number of hydrogen-bond donors (Lipinski definition) is 0. The van der Waals surface area contributed by atoms with Gasteiger partial charge in [-0.1, -0.05) is 35.3 Å². The number of non-ortho nitro benzene ring substituents is 1. The number of amides is 3. The van der Waals surface area contributed by atoms with Gasteiger partial charge in [0, 0.05) is 27.7 Å². The van der Waals surface area contributed by atoms with E-state index in [0.29, 0.717) is 10.6 Å². The second-order valence-electron chi connectivity index (χ2n) is 8.78. The van der Waals surface area contributed by atoms with Crippen molar-refractivity contribution in [1.82, 2.24) is 10.0 Å². The highest BCUT2D eigenvalue weighted by Crippen LogP contribution is 2.56. The molecule has 8 nitrogen and oxygen atoms in total. The van der Waals surface area contributed by atoms with Crippen molar-refractivity contribution in [3.05, 3.63) is 73.8 Å². The zero-order chi connectivity index (χ0) is 23.4. The third-order valence-electron chi connectivity index (χ3n) is 7.02. The number of imide groups is 1. The maximum absolute atomic E-state index is 13.6. The van der Waals surface area contributed by atoms with Crippen LogP contribution in [0.25, 0.3) is 0 Å². The van der Waals surface area contributed by atoms with E-state index in [-0.39, 0.29) is 46.5 Å². The number of fused-ring (bicyclic) bond motifs is 5. The molecule has 10 heteroatoms. The lowest BCUT2D eigenvalue weighted by atomic mass is 9.81. The molecule has 33 heavy (non-hydrogen) atoms. The molecule has 3 aliphatic rings. The van der Waals surface area contributed by atoms with Crippen molar-refractivity contribution >= 4 is 46.6 Å². The molecule has 3 amide bonds. The molecule has 1 heterocycles. The van der Waals surface area contributed by atoms with Gasteiger partial charge in [0.2, 0.25) is 0 Å². The average Bonchev–Trinajstić information content (AvgIpc) is 3.47. The molecule has 2 aromatic rings. The summed E-state index contributed by atoms with van der Waals surface area (Å²) in [6.45, 7) is -0.163. The third-order valence-corrected chi connectivity index (χ3v) is 7.61. The van der Waals surface area contributed by atoms with E-state index in [1.165, 1.54) is 24.3 Å². The van der Waals surface area contributed by atoms with Gasteiger partial charge in [-0.3, -0.25) is 24.5 Å². The van der Waals surface area contributed by atoms with Crippen molar-refractivity contribution in [2.24, 2.45) is 23.7 Å². The Bertz CT molecular complexity index is 1170. The molecule has 0 unspecified atom stereocenters. The number of nitrogens with zero attached hydrogens (tertiary/aromatic N) is 3. The molecule has 3 fully saturated rings. The Morgan fingerprint density at radius 1 is 1.06 bits per heavy atom. The molecule has 5 rings (SSSR count). The molecule has 4 atom stereocenters. The van der Waals surface area contributed by atoms with E-state index in [0.717, 1.165) is 35.3 Å². The fraction of sp³-hybridized carbons (Fsp3) is 0.348. The minimum atomic E-state index is -0.696. The minimum absolute atomic E-state index is 0.00471. The molecule has 1 saturated heterocycles. The molecule has 0 N–H and O–H groups in total. The highest BCUT2D eigenvalue weighted by atomic mass is 35.5. The van der Waals surface area contributed by atoms with Gasteiger partial charge in [-0.25, -0.2) is 5.01 Å². The number of rotatable bonds is 5. The molecular formula is C23H19Cl2N3O5.